The summed E-state index contributed by atoms with van der Waals surface area (Å²) in [5.41, 5.74) is 3.62. The van der Waals surface area contributed by atoms with Crippen molar-refractivity contribution < 1.29 is 14.6 Å². The molecule has 2 aliphatic rings. The normalized spacial score (nSPS) is 19.9. The number of aliphatic carboxylic acids is 1. The minimum Gasteiger partial charge on any atom is -0.495 e. The second-order valence-corrected chi connectivity index (χ2v) is 12.0. The molecule has 39 heavy (non-hydrogen) atoms. The van der Waals surface area contributed by atoms with Gasteiger partial charge in [-0.25, -0.2) is 9.97 Å². The van der Waals surface area contributed by atoms with E-state index >= 15 is 0 Å². The van der Waals surface area contributed by atoms with E-state index in [4.69, 9.17) is 26.3 Å². The highest BCUT2D eigenvalue weighted by Gasteiger charge is 2.31. The Labute approximate surface area is 237 Å². The first-order valence-corrected chi connectivity index (χ1v) is 14.9. The molecule has 2 aromatic heterocycles. The van der Waals surface area contributed by atoms with Gasteiger partial charge in [-0.15, -0.1) is 11.3 Å². The van der Waals surface area contributed by atoms with Crippen molar-refractivity contribution in [3.63, 3.8) is 0 Å². The number of hydrogen-bond acceptors (Lipinski definition) is 6. The minimum absolute atomic E-state index is 0.256. The fraction of sp³-hybridized carbons (Fsp3) is 0.387. The SMILES string of the molecule is COc1ccc(CNc2nc(C3CCC(=C4CCCCC4C(=O)O)CC3)nc3sc4ccccc4c23)cc1Cl. The zero-order valence-corrected chi connectivity index (χ0v) is 23.6. The molecule has 2 fully saturated rings. The molecule has 0 spiro atoms. The van der Waals surface area contributed by atoms with E-state index in [9.17, 15) is 9.90 Å². The molecule has 1 unspecified atom stereocenters. The molecule has 2 aliphatic carbocycles. The zero-order valence-electron chi connectivity index (χ0n) is 22.0. The van der Waals surface area contributed by atoms with Gasteiger partial charge in [0.25, 0.3) is 0 Å². The van der Waals surface area contributed by atoms with Gasteiger partial charge in [-0.1, -0.05) is 53.4 Å². The third-order valence-electron chi connectivity index (χ3n) is 8.25. The molecule has 4 aromatic rings. The molecule has 1 atom stereocenters. The van der Waals surface area contributed by atoms with Gasteiger partial charge >= 0.3 is 5.97 Å². The Morgan fingerprint density at radius 3 is 2.69 bits per heavy atom. The van der Waals surface area contributed by atoms with Crippen LogP contribution >= 0.6 is 22.9 Å². The number of carbonyl (C=O) groups is 1. The Kier molecular flexibility index (Phi) is 7.45. The number of ether oxygens (including phenoxy) is 1. The van der Waals surface area contributed by atoms with E-state index in [1.54, 1.807) is 18.4 Å². The highest BCUT2D eigenvalue weighted by molar-refractivity contribution is 7.25. The van der Waals surface area contributed by atoms with Gasteiger partial charge < -0.3 is 15.2 Å². The van der Waals surface area contributed by atoms with Crippen LogP contribution in [-0.4, -0.2) is 28.2 Å². The van der Waals surface area contributed by atoms with Crippen molar-refractivity contribution in [2.75, 3.05) is 12.4 Å². The number of fused-ring (bicyclic) bond motifs is 3. The van der Waals surface area contributed by atoms with Crippen molar-refractivity contribution in [1.29, 1.82) is 0 Å². The molecule has 0 bridgehead atoms. The van der Waals surface area contributed by atoms with E-state index in [-0.39, 0.29) is 11.8 Å². The predicted octanol–water partition coefficient (Wildman–Crippen LogP) is 8.35. The van der Waals surface area contributed by atoms with Gasteiger partial charge in [0.05, 0.1) is 23.4 Å². The van der Waals surface area contributed by atoms with Crippen molar-refractivity contribution in [3.05, 3.63) is 70.0 Å². The summed E-state index contributed by atoms with van der Waals surface area (Å²) in [6, 6.07) is 14.2. The van der Waals surface area contributed by atoms with E-state index in [2.05, 4.69) is 29.6 Å². The van der Waals surface area contributed by atoms with Crippen molar-refractivity contribution in [3.8, 4) is 5.75 Å². The van der Waals surface area contributed by atoms with Crippen LogP contribution in [0.2, 0.25) is 5.02 Å². The standard InChI is InChI=1S/C31H32ClN3O3S/c1-38-25-15-10-18(16-24(25)32)17-33-29-27-23-8-4-5-9-26(23)39-30(27)35-28(34-29)20-13-11-19(12-14-20)21-6-2-3-7-22(21)31(36)37/h4-5,8-10,15-16,20,22H,2-3,6-7,11-14,17H2,1H3,(H,36,37)(H,33,34,35). The quantitative estimate of drug-likeness (QED) is 0.230. The Morgan fingerprint density at radius 1 is 1.10 bits per heavy atom. The van der Waals surface area contributed by atoms with E-state index in [1.807, 2.05) is 18.2 Å². The number of hydrogen-bond donors (Lipinski definition) is 2. The van der Waals surface area contributed by atoms with Crippen LogP contribution in [0.25, 0.3) is 20.3 Å². The number of rotatable bonds is 6. The summed E-state index contributed by atoms with van der Waals surface area (Å²) < 4.78 is 6.50. The van der Waals surface area contributed by atoms with Crippen molar-refractivity contribution in [2.24, 2.45) is 5.92 Å². The lowest BCUT2D eigenvalue weighted by Crippen LogP contribution is -2.22. The lowest BCUT2D eigenvalue weighted by molar-refractivity contribution is -0.141. The van der Waals surface area contributed by atoms with Gasteiger partial charge in [0.2, 0.25) is 0 Å². The number of carboxylic acid groups (broad SMARTS) is 1. The van der Waals surface area contributed by atoms with Crippen LogP contribution in [0.4, 0.5) is 5.82 Å². The third kappa shape index (κ3) is 5.22. The van der Waals surface area contributed by atoms with Crippen LogP contribution in [0, 0.1) is 5.92 Å². The van der Waals surface area contributed by atoms with E-state index < -0.39 is 5.97 Å². The maximum atomic E-state index is 11.9. The molecule has 2 N–H and O–H groups in total. The van der Waals surface area contributed by atoms with Gasteiger partial charge in [0, 0.05) is 22.5 Å². The average molecular weight is 562 g/mol. The summed E-state index contributed by atoms with van der Waals surface area (Å²) in [6.07, 6.45) is 7.60. The summed E-state index contributed by atoms with van der Waals surface area (Å²) >= 11 is 8.08. The molecule has 8 heteroatoms. The van der Waals surface area contributed by atoms with Crippen LogP contribution in [0.3, 0.4) is 0 Å². The summed E-state index contributed by atoms with van der Waals surface area (Å²) in [6.45, 7) is 0.580. The molecule has 0 amide bonds. The molecule has 2 aromatic carbocycles. The fourth-order valence-electron chi connectivity index (χ4n) is 6.21. The van der Waals surface area contributed by atoms with Gasteiger partial charge in [-0.2, -0.15) is 0 Å². The lowest BCUT2D eigenvalue weighted by atomic mass is 9.76. The van der Waals surface area contributed by atoms with Crippen LogP contribution in [0.15, 0.2) is 53.6 Å². The number of methoxy groups -OCH3 is 1. The van der Waals surface area contributed by atoms with Gasteiger partial charge in [-0.05, 0) is 68.7 Å². The molecule has 6 rings (SSSR count). The second kappa shape index (κ2) is 11.1. The Morgan fingerprint density at radius 2 is 1.92 bits per heavy atom. The number of thiophene rings is 1. The number of carboxylic acids is 1. The Hall–Kier alpha value is -3.16. The zero-order chi connectivity index (χ0) is 26.9. The first kappa shape index (κ1) is 26.1. The molecule has 0 saturated heterocycles. The van der Waals surface area contributed by atoms with Crippen LogP contribution in [0.5, 0.6) is 5.75 Å². The lowest BCUT2D eigenvalue weighted by Gasteiger charge is -2.30. The largest absolute Gasteiger partial charge is 0.495 e. The van der Waals surface area contributed by atoms with Gasteiger partial charge in [0.15, 0.2) is 0 Å². The molecular weight excluding hydrogens is 530 g/mol. The number of anilines is 1. The first-order chi connectivity index (χ1) is 19.0. The fourth-order valence-corrected chi connectivity index (χ4v) is 7.57. The maximum Gasteiger partial charge on any atom is 0.310 e. The third-order valence-corrected chi connectivity index (χ3v) is 9.61. The maximum absolute atomic E-state index is 11.9. The van der Waals surface area contributed by atoms with Crippen LogP contribution in [0.1, 0.15) is 68.7 Å². The molecule has 6 nitrogen and oxygen atoms in total. The number of allylic oxidation sites excluding steroid dienone is 1. The second-order valence-electron chi connectivity index (χ2n) is 10.6. The molecule has 0 aliphatic heterocycles. The topological polar surface area (TPSA) is 84.3 Å². The van der Waals surface area contributed by atoms with Crippen molar-refractivity contribution in [2.45, 2.75) is 63.8 Å². The predicted molar refractivity (Wildman–Crippen MR) is 158 cm³/mol. The first-order valence-electron chi connectivity index (χ1n) is 13.7. The molecule has 0 radical (unpaired) electrons. The molecular formula is C31H32ClN3O3S. The van der Waals surface area contributed by atoms with Crippen molar-refractivity contribution >= 4 is 55.0 Å². The minimum atomic E-state index is -0.660. The number of nitrogens with zero attached hydrogens (tertiary/aromatic N) is 2. The number of nitrogens with one attached hydrogen (secondary N) is 1. The molecule has 2 heterocycles. The number of halogens is 1. The van der Waals surface area contributed by atoms with E-state index in [0.29, 0.717) is 17.3 Å². The smallest absolute Gasteiger partial charge is 0.310 e. The highest BCUT2D eigenvalue weighted by Crippen LogP contribution is 2.43. The van der Waals surface area contributed by atoms with E-state index in [0.717, 1.165) is 84.2 Å². The van der Waals surface area contributed by atoms with Gasteiger partial charge in [0.1, 0.15) is 22.2 Å². The highest BCUT2D eigenvalue weighted by atomic mass is 35.5. The van der Waals surface area contributed by atoms with Crippen LogP contribution in [-0.2, 0) is 11.3 Å². The summed E-state index contributed by atoms with van der Waals surface area (Å²) in [4.78, 5) is 23.1. The molecule has 202 valence electrons. The summed E-state index contributed by atoms with van der Waals surface area (Å²) in [7, 11) is 1.62. The summed E-state index contributed by atoms with van der Waals surface area (Å²) in [5, 5.41) is 16.2. The number of benzene rings is 2. The monoisotopic (exact) mass is 561 g/mol. The molecule has 2 saturated carbocycles. The van der Waals surface area contributed by atoms with Crippen LogP contribution < -0.4 is 10.1 Å². The van der Waals surface area contributed by atoms with Crippen molar-refractivity contribution in [1.82, 2.24) is 9.97 Å². The summed E-state index contributed by atoms with van der Waals surface area (Å²) in [5.74, 6) is 1.69. The Balaban J connectivity index is 1.30. The Bertz CT molecular complexity index is 1570. The average Bonchev–Trinajstić information content (AvgIpc) is 3.35. The van der Waals surface area contributed by atoms with E-state index in [1.165, 1.54) is 15.8 Å². The van der Waals surface area contributed by atoms with Gasteiger partial charge in [-0.3, -0.25) is 4.79 Å². The number of aromatic nitrogens is 2.